The third kappa shape index (κ3) is 4.65. The first kappa shape index (κ1) is 17.8. The van der Waals surface area contributed by atoms with Gasteiger partial charge in [0.2, 0.25) is 11.8 Å². The Kier molecular flexibility index (Phi) is 5.79. The van der Waals surface area contributed by atoms with Crippen molar-refractivity contribution in [3.05, 3.63) is 18.2 Å². The molecule has 0 aliphatic rings. The molecule has 122 valence electrons. The third-order valence-corrected chi connectivity index (χ3v) is 3.07. The minimum atomic E-state index is -0.639. The quantitative estimate of drug-likeness (QED) is 0.874. The maximum atomic E-state index is 12.1. The Labute approximate surface area is 131 Å². The molecular weight excluding hydrogens is 284 g/mol. The van der Waals surface area contributed by atoms with Gasteiger partial charge < -0.3 is 20.1 Å². The van der Waals surface area contributed by atoms with Crippen molar-refractivity contribution < 1.29 is 19.1 Å². The maximum Gasteiger partial charge on any atom is 0.246 e. The molecule has 2 amide bonds. The summed E-state index contributed by atoms with van der Waals surface area (Å²) >= 11 is 0. The van der Waals surface area contributed by atoms with Crippen LogP contribution in [0.5, 0.6) is 11.5 Å². The molecule has 22 heavy (non-hydrogen) atoms. The molecule has 0 spiro atoms. The van der Waals surface area contributed by atoms with Gasteiger partial charge in [0.1, 0.15) is 6.04 Å². The summed E-state index contributed by atoms with van der Waals surface area (Å²) in [5.74, 6) is 0.619. The van der Waals surface area contributed by atoms with Crippen molar-refractivity contribution in [3.63, 3.8) is 0 Å². The summed E-state index contributed by atoms with van der Waals surface area (Å²) in [5, 5.41) is 5.42. The van der Waals surface area contributed by atoms with Crippen LogP contribution in [0.25, 0.3) is 0 Å². The second-order valence-electron chi connectivity index (χ2n) is 6.00. The zero-order valence-corrected chi connectivity index (χ0v) is 13.9. The van der Waals surface area contributed by atoms with Crippen LogP contribution in [0.3, 0.4) is 0 Å². The molecule has 0 bridgehead atoms. The fourth-order valence-electron chi connectivity index (χ4n) is 1.64. The molecule has 6 nitrogen and oxygen atoms in total. The van der Waals surface area contributed by atoms with Gasteiger partial charge >= 0.3 is 0 Å². The van der Waals surface area contributed by atoms with Crippen LogP contribution in [0.2, 0.25) is 0 Å². The Hall–Kier alpha value is -2.24. The number of anilines is 1. The van der Waals surface area contributed by atoms with Gasteiger partial charge in [-0.1, -0.05) is 20.8 Å². The van der Waals surface area contributed by atoms with E-state index >= 15 is 0 Å². The average molecular weight is 308 g/mol. The number of hydrogen-bond donors (Lipinski definition) is 2. The first-order valence-corrected chi connectivity index (χ1v) is 7.03. The van der Waals surface area contributed by atoms with Crippen LogP contribution in [-0.4, -0.2) is 32.1 Å². The first-order valence-electron chi connectivity index (χ1n) is 7.03. The van der Waals surface area contributed by atoms with E-state index in [9.17, 15) is 9.59 Å². The summed E-state index contributed by atoms with van der Waals surface area (Å²) in [6.45, 7) is 7.02. The largest absolute Gasteiger partial charge is 0.493 e. The smallest absolute Gasteiger partial charge is 0.246 e. The van der Waals surface area contributed by atoms with Crippen molar-refractivity contribution in [1.82, 2.24) is 5.32 Å². The van der Waals surface area contributed by atoms with Crippen molar-refractivity contribution in [2.24, 2.45) is 5.41 Å². The molecule has 0 aliphatic heterocycles. The lowest BCUT2D eigenvalue weighted by molar-refractivity contribution is -0.131. The van der Waals surface area contributed by atoms with Crippen molar-refractivity contribution in [2.45, 2.75) is 33.7 Å². The molecule has 2 N–H and O–H groups in total. The molecule has 1 aromatic carbocycles. The number of nitrogens with one attached hydrogen (secondary N) is 2. The van der Waals surface area contributed by atoms with Crippen molar-refractivity contribution in [2.75, 3.05) is 19.5 Å². The summed E-state index contributed by atoms with van der Waals surface area (Å²) in [7, 11) is 3.07. The van der Waals surface area contributed by atoms with E-state index in [0.29, 0.717) is 17.2 Å². The molecule has 1 atom stereocenters. The Balaban J connectivity index is 2.74. The molecule has 0 radical (unpaired) electrons. The Morgan fingerprint density at radius 1 is 1.09 bits per heavy atom. The Morgan fingerprint density at radius 2 is 1.68 bits per heavy atom. The number of benzene rings is 1. The molecule has 6 heteroatoms. The molecule has 0 saturated carbocycles. The van der Waals surface area contributed by atoms with Crippen LogP contribution in [-0.2, 0) is 9.59 Å². The lowest BCUT2D eigenvalue weighted by Gasteiger charge is -2.21. The highest BCUT2D eigenvalue weighted by Crippen LogP contribution is 2.29. The monoisotopic (exact) mass is 308 g/mol. The number of rotatable bonds is 5. The lowest BCUT2D eigenvalue weighted by atomic mass is 9.95. The van der Waals surface area contributed by atoms with Crippen LogP contribution in [0.15, 0.2) is 18.2 Å². The molecule has 1 unspecified atom stereocenters. The summed E-state index contributed by atoms with van der Waals surface area (Å²) in [4.78, 5) is 24.0. The highest BCUT2D eigenvalue weighted by molar-refractivity contribution is 5.97. The molecule has 0 aliphatic carbocycles. The summed E-state index contributed by atoms with van der Waals surface area (Å²) in [5.41, 5.74) is 0.0252. The molecular formula is C16H24N2O4. The molecule has 0 saturated heterocycles. The van der Waals surface area contributed by atoms with Crippen molar-refractivity contribution >= 4 is 17.5 Å². The fraction of sp³-hybridized carbons (Fsp3) is 0.500. The van der Waals surface area contributed by atoms with Gasteiger partial charge in [0.05, 0.1) is 14.2 Å². The fourth-order valence-corrected chi connectivity index (χ4v) is 1.64. The lowest BCUT2D eigenvalue weighted by Crippen LogP contribution is -2.46. The van der Waals surface area contributed by atoms with E-state index < -0.39 is 11.5 Å². The molecule has 0 aromatic heterocycles. The van der Waals surface area contributed by atoms with Gasteiger partial charge in [-0.25, -0.2) is 0 Å². The van der Waals surface area contributed by atoms with E-state index in [0.717, 1.165) is 0 Å². The minimum Gasteiger partial charge on any atom is -0.493 e. The zero-order valence-electron chi connectivity index (χ0n) is 13.9. The van der Waals surface area contributed by atoms with E-state index in [-0.39, 0.29) is 11.8 Å². The van der Waals surface area contributed by atoms with Gasteiger partial charge in [0, 0.05) is 17.2 Å². The minimum absolute atomic E-state index is 0.178. The summed E-state index contributed by atoms with van der Waals surface area (Å²) < 4.78 is 10.3. The molecule has 0 heterocycles. The predicted molar refractivity (Wildman–Crippen MR) is 85.2 cm³/mol. The van der Waals surface area contributed by atoms with Gasteiger partial charge in [-0.05, 0) is 19.1 Å². The SMILES string of the molecule is COc1ccc(NC(=O)C(C)NC(=O)C(C)(C)C)cc1OC. The number of carbonyl (C=O) groups is 2. The van der Waals surface area contributed by atoms with E-state index in [1.54, 1.807) is 53.0 Å². The van der Waals surface area contributed by atoms with Crippen LogP contribution >= 0.6 is 0 Å². The van der Waals surface area contributed by atoms with Gasteiger partial charge in [-0.2, -0.15) is 0 Å². The number of amides is 2. The van der Waals surface area contributed by atoms with Crippen molar-refractivity contribution in [1.29, 1.82) is 0 Å². The average Bonchev–Trinajstić information content (AvgIpc) is 2.45. The van der Waals surface area contributed by atoms with Gasteiger partial charge in [0.15, 0.2) is 11.5 Å². The van der Waals surface area contributed by atoms with Crippen LogP contribution < -0.4 is 20.1 Å². The normalized spacial score (nSPS) is 12.3. The topological polar surface area (TPSA) is 76.7 Å². The second-order valence-corrected chi connectivity index (χ2v) is 6.00. The first-order chi connectivity index (χ1) is 10.2. The molecule has 1 aromatic rings. The van der Waals surface area contributed by atoms with E-state index in [1.165, 1.54) is 7.11 Å². The summed E-state index contributed by atoms with van der Waals surface area (Å²) in [6, 6.07) is 4.43. The Bertz CT molecular complexity index is 550. The van der Waals surface area contributed by atoms with Gasteiger partial charge in [-0.3, -0.25) is 9.59 Å². The van der Waals surface area contributed by atoms with Gasteiger partial charge in [-0.15, -0.1) is 0 Å². The molecule has 1 rings (SSSR count). The number of methoxy groups -OCH3 is 2. The van der Waals surface area contributed by atoms with Gasteiger partial charge in [0.25, 0.3) is 0 Å². The number of ether oxygens (including phenoxy) is 2. The predicted octanol–water partition coefficient (Wildman–Crippen LogP) is 2.19. The Morgan fingerprint density at radius 3 is 2.18 bits per heavy atom. The number of hydrogen-bond acceptors (Lipinski definition) is 4. The standard InChI is InChI=1S/C16H24N2O4/c1-10(17-15(20)16(2,3)4)14(19)18-11-7-8-12(21-5)13(9-11)22-6/h7-10H,1-6H3,(H,17,20)(H,18,19). The summed E-state index contributed by atoms with van der Waals surface area (Å²) in [6.07, 6.45) is 0. The highest BCUT2D eigenvalue weighted by atomic mass is 16.5. The third-order valence-electron chi connectivity index (χ3n) is 3.07. The van der Waals surface area contributed by atoms with Crippen molar-refractivity contribution in [3.8, 4) is 11.5 Å². The zero-order chi connectivity index (χ0) is 16.9. The van der Waals surface area contributed by atoms with E-state index in [1.807, 2.05) is 0 Å². The maximum absolute atomic E-state index is 12.1. The second kappa shape index (κ2) is 7.15. The highest BCUT2D eigenvalue weighted by Gasteiger charge is 2.25. The van der Waals surface area contributed by atoms with E-state index in [4.69, 9.17) is 9.47 Å². The number of carbonyl (C=O) groups excluding carboxylic acids is 2. The van der Waals surface area contributed by atoms with E-state index in [2.05, 4.69) is 10.6 Å². The van der Waals surface area contributed by atoms with Crippen LogP contribution in [0.4, 0.5) is 5.69 Å². The van der Waals surface area contributed by atoms with Crippen LogP contribution in [0, 0.1) is 5.41 Å². The molecule has 0 fully saturated rings. The van der Waals surface area contributed by atoms with Crippen LogP contribution in [0.1, 0.15) is 27.7 Å².